The van der Waals surface area contributed by atoms with E-state index in [9.17, 15) is 22.8 Å². The number of ether oxygens (including phenoxy) is 2. The van der Waals surface area contributed by atoms with Gasteiger partial charge in [-0.2, -0.15) is 13.2 Å². The Kier molecular flexibility index (Phi) is 5.51. The van der Waals surface area contributed by atoms with Crippen molar-refractivity contribution in [1.82, 2.24) is 4.98 Å². The molecule has 6 nitrogen and oxygen atoms in total. The van der Waals surface area contributed by atoms with Gasteiger partial charge in [0.1, 0.15) is 24.6 Å². The molecular formula is C12H13F3N2O4. The molecule has 21 heavy (non-hydrogen) atoms. The van der Waals surface area contributed by atoms with Gasteiger partial charge in [-0.25, -0.2) is 4.98 Å². The topological polar surface area (TPSA) is 68.7 Å². The molecule has 9 heteroatoms. The summed E-state index contributed by atoms with van der Waals surface area (Å²) in [6.07, 6.45) is -4.63. The number of esters is 2. The van der Waals surface area contributed by atoms with Gasteiger partial charge in [0.15, 0.2) is 0 Å². The van der Waals surface area contributed by atoms with Crippen molar-refractivity contribution in [3.05, 3.63) is 23.9 Å². The normalized spacial score (nSPS) is 10.9. The van der Waals surface area contributed by atoms with Crippen molar-refractivity contribution in [2.75, 3.05) is 32.2 Å². The van der Waals surface area contributed by atoms with Crippen LogP contribution in [-0.4, -0.2) is 44.2 Å². The minimum Gasteiger partial charge on any atom is -0.468 e. The number of anilines is 1. The number of carbonyl (C=O) groups excluding carboxylic acids is 2. The van der Waals surface area contributed by atoms with E-state index in [-0.39, 0.29) is 5.82 Å². The van der Waals surface area contributed by atoms with Crippen LogP contribution in [0.5, 0.6) is 0 Å². The van der Waals surface area contributed by atoms with Crippen molar-refractivity contribution in [1.29, 1.82) is 0 Å². The van der Waals surface area contributed by atoms with E-state index in [0.29, 0.717) is 0 Å². The van der Waals surface area contributed by atoms with Gasteiger partial charge >= 0.3 is 18.1 Å². The molecule has 116 valence electrons. The maximum atomic E-state index is 12.6. The molecule has 1 heterocycles. The number of aromatic nitrogens is 1. The number of pyridine rings is 1. The molecule has 0 aliphatic heterocycles. The number of halogens is 3. The van der Waals surface area contributed by atoms with Crippen LogP contribution in [0.15, 0.2) is 18.2 Å². The summed E-state index contributed by atoms with van der Waals surface area (Å²) in [4.78, 5) is 27.0. The standard InChI is InChI=1S/C12H13F3N2O4/c1-20-10(18)6-17(7-11(19)21-2)9-5-3-4-8(16-9)12(13,14)15/h3-5H,6-7H2,1-2H3. The first-order chi connectivity index (χ1) is 9.77. The van der Waals surface area contributed by atoms with E-state index in [1.54, 1.807) is 0 Å². The fourth-order valence-electron chi connectivity index (χ4n) is 1.42. The van der Waals surface area contributed by atoms with Crippen LogP contribution in [0.3, 0.4) is 0 Å². The van der Waals surface area contributed by atoms with Crippen LogP contribution >= 0.6 is 0 Å². The lowest BCUT2D eigenvalue weighted by molar-refractivity contribution is -0.141. The van der Waals surface area contributed by atoms with Crippen LogP contribution in [0.4, 0.5) is 19.0 Å². The van der Waals surface area contributed by atoms with Gasteiger partial charge in [0.25, 0.3) is 0 Å². The Bertz CT molecular complexity index is 501. The summed E-state index contributed by atoms with van der Waals surface area (Å²) in [6, 6.07) is 3.17. The third-order valence-electron chi connectivity index (χ3n) is 2.44. The summed E-state index contributed by atoms with van der Waals surface area (Å²) in [5, 5.41) is 0. The SMILES string of the molecule is COC(=O)CN(CC(=O)OC)c1cccc(C(F)(F)F)n1. The molecule has 0 unspecified atom stereocenters. The second kappa shape index (κ2) is 6.91. The van der Waals surface area contributed by atoms with E-state index < -0.39 is 36.9 Å². The van der Waals surface area contributed by atoms with Gasteiger partial charge in [0, 0.05) is 0 Å². The van der Waals surface area contributed by atoms with Crippen LogP contribution in [-0.2, 0) is 25.2 Å². The Balaban J connectivity index is 3.07. The summed E-state index contributed by atoms with van der Waals surface area (Å²) in [7, 11) is 2.25. The van der Waals surface area contributed by atoms with Gasteiger partial charge in [0.2, 0.25) is 0 Å². The highest BCUT2D eigenvalue weighted by Gasteiger charge is 2.33. The summed E-state index contributed by atoms with van der Waals surface area (Å²) >= 11 is 0. The van der Waals surface area contributed by atoms with Gasteiger partial charge in [0.05, 0.1) is 14.2 Å². The zero-order valence-corrected chi connectivity index (χ0v) is 11.3. The van der Waals surface area contributed by atoms with E-state index >= 15 is 0 Å². The van der Waals surface area contributed by atoms with E-state index in [1.165, 1.54) is 6.07 Å². The van der Waals surface area contributed by atoms with Crippen LogP contribution in [0, 0.1) is 0 Å². The molecule has 0 atom stereocenters. The van der Waals surface area contributed by atoms with Crippen molar-refractivity contribution in [3.8, 4) is 0 Å². The van der Waals surface area contributed by atoms with Gasteiger partial charge in [-0.1, -0.05) is 6.07 Å². The maximum Gasteiger partial charge on any atom is 0.433 e. The molecule has 0 radical (unpaired) electrons. The summed E-state index contributed by atoms with van der Waals surface area (Å²) < 4.78 is 46.7. The predicted octanol–water partition coefficient (Wildman–Crippen LogP) is 1.25. The van der Waals surface area contributed by atoms with E-state index in [2.05, 4.69) is 14.5 Å². The lowest BCUT2D eigenvalue weighted by Gasteiger charge is -2.21. The number of rotatable bonds is 5. The van der Waals surface area contributed by atoms with Crippen molar-refractivity contribution < 1.29 is 32.2 Å². The van der Waals surface area contributed by atoms with Crippen molar-refractivity contribution in [2.45, 2.75) is 6.18 Å². The summed E-state index contributed by atoms with van der Waals surface area (Å²) in [6.45, 7) is -0.861. The minimum absolute atomic E-state index is 0.180. The second-order valence-electron chi connectivity index (χ2n) is 3.89. The molecule has 0 bridgehead atoms. The lowest BCUT2D eigenvalue weighted by Crippen LogP contribution is -2.36. The average Bonchev–Trinajstić information content (AvgIpc) is 2.45. The minimum atomic E-state index is -4.63. The first kappa shape index (κ1) is 16.7. The molecule has 1 rings (SSSR count). The molecule has 0 fully saturated rings. The highest BCUT2D eigenvalue weighted by Crippen LogP contribution is 2.28. The van der Waals surface area contributed by atoms with Crippen LogP contribution in [0.1, 0.15) is 5.69 Å². The summed E-state index contributed by atoms with van der Waals surface area (Å²) in [5.74, 6) is -1.63. The average molecular weight is 306 g/mol. The van der Waals surface area contributed by atoms with Crippen LogP contribution in [0.2, 0.25) is 0 Å². The first-order valence-corrected chi connectivity index (χ1v) is 5.70. The molecule has 0 amide bonds. The largest absolute Gasteiger partial charge is 0.468 e. The second-order valence-corrected chi connectivity index (χ2v) is 3.89. The molecule has 0 aliphatic rings. The molecule has 0 aromatic carbocycles. The maximum absolute atomic E-state index is 12.6. The van der Waals surface area contributed by atoms with Gasteiger partial charge in [-0.05, 0) is 12.1 Å². The zero-order chi connectivity index (χ0) is 16.0. The molecule has 0 N–H and O–H groups in total. The van der Waals surface area contributed by atoms with E-state index in [1.807, 2.05) is 0 Å². The Morgan fingerprint density at radius 2 is 1.67 bits per heavy atom. The van der Waals surface area contributed by atoms with Crippen molar-refractivity contribution >= 4 is 17.8 Å². The molecule has 1 aromatic heterocycles. The van der Waals surface area contributed by atoms with Crippen molar-refractivity contribution in [3.63, 3.8) is 0 Å². The predicted molar refractivity (Wildman–Crippen MR) is 65.5 cm³/mol. The van der Waals surface area contributed by atoms with E-state index in [4.69, 9.17) is 0 Å². The smallest absolute Gasteiger partial charge is 0.433 e. The highest BCUT2D eigenvalue weighted by molar-refractivity contribution is 5.80. The van der Waals surface area contributed by atoms with Crippen molar-refractivity contribution in [2.24, 2.45) is 0 Å². The number of carbonyl (C=O) groups is 2. The lowest BCUT2D eigenvalue weighted by atomic mass is 10.3. The first-order valence-electron chi connectivity index (χ1n) is 5.70. The van der Waals surface area contributed by atoms with Gasteiger partial charge in [-0.15, -0.1) is 0 Å². The molecule has 0 spiro atoms. The fourth-order valence-corrected chi connectivity index (χ4v) is 1.42. The van der Waals surface area contributed by atoms with Gasteiger partial charge < -0.3 is 14.4 Å². The molecule has 0 saturated carbocycles. The monoisotopic (exact) mass is 306 g/mol. The Morgan fingerprint density at radius 3 is 2.10 bits per heavy atom. The highest BCUT2D eigenvalue weighted by atomic mass is 19.4. The Morgan fingerprint density at radius 1 is 1.14 bits per heavy atom. The molecule has 1 aromatic rings. The summed E-state index contributed by atoms with van der Waals surface area (Å²) in [5.41, 5.74) is -1.13. The third-order valence-corrected chi connectivity index (χ3v) is 2.44. The third kappa shape index (κ3) is 4.93. The quantitative estimate of drug-likeness (QED) is 0.763. The number of nitrogens with zero attached hydrogens (tertiary/aromatic N) is 2. The molecule has 0 aliphatic carbocycles. The Hall–Kier alpha value is -2.32. The van der Waals surface area contributed by atoms with Gasteiger partial charge in [-0.3, -0.25) is 9.59 Å². The van der Waals surface area contributed by atoms with E-state index in [0.717, 1.165) is 31.3 Å². The number of methoxy groups -OCH3 is 2. The zero-order valence-electron chi connectivity index (χ0n) is 11.3. The van der Waals surface area contributed by atoms with Crippen LogP contribution < -0.4 is 4.90 Å². The molecule has 0 saturated heterocycles. The number of hydrogen-bond donors (Lipinski definition) is 0. The fraction of sp³-hybridized carbons (Fsp3) is 0.417. The number of hydrogen-bond acceptors (Lipinski definition) is 6. The number of alkyl halides is 3. The van der Waals surface area contributed by atoms with Crippen LogP contribution in [0.25, 0.3) is 0 Å². The molecular weight excluding hydrogens is 293 g/mol. The Labute approximate surface area is 118 Å².